The van der Waals surface area contributed by atoms with Crippen LogP contribution in [-0.2, 0) is 29.0 Å². The Hall–Kier alpha value is -3.22. The number of hydrogen-bond donors (Lipinski definition) is 4. The highest BCUT2D eigenvalue weighted by molar-refractivity contribution is 7.92. The molecule has 1 heterocycles. The third-order valence-corrected chi connectivity index (χ3v) is 13.4. The Morgan fingerprint density at radius 1 is 0.981 bits per heavy atom. The molecule has 6 atom stereocenters. The number of sulfone groups is 1. The Balaban J connectivity index is 1.56. The largest absolute Gasteiger partial charge is 0.349 e. The summed E-state index contributed by atoms with van der Waals surface area (Å²) in [6.07, 6.45) is 15.3. The van der Waals surface area contributed by atoms with E-state index in [0.29, 0.717) is 51.5 Å². The van der Waals surface area contributed by atoms with Crippen LogP contribution in [0, 0.1) is 23.2 Å². The van der Waals surface area contributed by atoms with E-state index >= 15 is 0 Å². The number of likely N-dealkylation sites (tertiary alicyclic amines) is 1. The number of rotatable bonds is 15. The van der Waals surface area contributed by atoms with Gasteiger partial charge in [0.1, 0.15) is 12.1 Å². The lowest BCUT2D eigenvalue weighted by Gasteiger charge is -2.46. The van der Waals surface area contributed by atoms with E-state index in [-0.39, 0.29) is 30.1 Å². The molecule has 1 saturated heterocycles. The van der Waals surface area contributed by atoms with Gasteiger partial charge >= 0.3 is 6.03 Å². The molecule has 0 radical (unpaired) electrons. The lowest BCUT2D eigenvalue weighted by Crippen LogP contribution is -2.66. The third kappa shape index (κ3) is 10.9. The second kappa shape index (κ2) is 17.7. The number of ketones is 1. The molecule has 4 rings (SSSR count). The van der Waals surface area contributed by atoms with Crippen LogP contribution < -0.4 is 21.3 Å². The molecule has 4 unspecified atom stereocenters. The SMILES string of the molecule is CCCNC(=O)C(=O)C(CC1CC1)NC(=O)[C@@H]1C(CC)CC(C)CN1C(=O)[C@@H](NC(=O)NC1(CS(=O)(=O)C2C=CC=CC2)CCCCC1)C(C)(C)C. The Morgan fingerprint density at radius 2 is 1.67 bits per heavy atom. The van der Waals surface area contributed by atoms with Crippen LogP contribution in [0.4, 0.5) is 4.79 Å². The highest BCUT2D eigenvalue weighted by atomic mass is 32.2. The monoisotopic (exact) mass is 745 g/mol. The molecule has 4 aliphatic rings. The Kier molecular flexibility index (Phi) is 14.2. The molecule has 1 aliphatic heterocycles. The Bertz CT molecular complexity index is 1480. The van der Waals surface area contributed by atoms with Crippen molar-refractivity contribution >= 4 is 39.4 Å². The van der Waals surface area contributed by atoms with Gasteiger partial charge in [-0.15, -0.1) is 0 Å². The lowest BCUT2D eigenvalue weighted by atomic mass is 9.79. The second-order valence-corrected chi connectivity index (χ2v) is 19.2. The van der Waals surface area contributed by atoms with Crippen LogP contribution in [-0.4, -0.2) is 90.6 Å². The number of piperidine rings is 1. The third-order valence-electron chi connectivity index (χ3n) is 11.2. The summed E-state index contributed by atoms with van der Waals surface area (Å²) in [5, 5.41) is 10.9. The summed E-state index contributed by atoms with van der Waals surface area (Å²) in [7, 11) is -3.59. The first-order chi connectivity index (χ1) is 24.5. The van der Waals surface area contributed by atoms with Crippen molar-refractivity contribution in [2.24, 2.45) is 23.2 Å². The molecule has 12 nitrogen and oxygen atoms in total. The predicted molar refractivity (Wildman–Crippen MR) is 202 cm³/mol. The number of carbonyl (C=O) groups excluding carboxylic acids is 5. The lowest BCUT2D eigenvalue weighted by molar-refractivity contribution is -0.151. The maximum absolute atomic E-state index is 14.7. The van der Waals surface area contributed by atoms with E-state index in [4.69, 9.17) is 0 Å². The van der Waals surface area contributed by atoms with Gasteiger partial charge in [-0.1, -0.05) is 104 Å². The molecular formula is C39H63N5O7S. The molecule has 3 aliphatic carbocycles. The number of Topliss-reactive ketones (excluding diaryl/α,β-unsaturated/α-hetero) is 1. The topological polar surface area (TPSA) is 171 Å². The number of allylic oxidation sites excluding steroid dienone is 3. The maximum Gasteiger partial charge on any atom is 0.315 e. The summed E-state index contributed by atoms with van der Waals surface area (Å²) in [6.45, 7) is 12.1. The van der Waals surface area contributed by atoms with Crippen LogP contribution in [0.15, 0.2) is 24.3 Å². The average Bonchev–Trinajstić information content (AvgIpc) is 3.92. The molecule has 0 bridgehead atoms. The van der Waals surface area contributed by atoms with Crippen molar-refractivity contribution < 1.29 is 32.4 Å². The molecule has 3 fully saturated rings. The van der Waals surface area contributed by atoms with Crippen molar-refractivity contribution in [2.75, 3.05) is 18.8 Å². The van der Waals surface area contributed by atoms with Crippen molar-refractivity contribution in [3.63, 3.8) is 0 Å². The van der Waals surface area contributed by atoms with E-state index in [0.717, 1.165) is 32.1 Å². The molecule has 292 valence electrons. The van der Waals surface area contributed by atoms with Crippen molar-refractivity contribution in [1.29, 1.82) is 0 Å². The minimum atomic E-state index is -3.59. The van der Waals surface area contributed by atoms with Crippen molar-refractivity contribution in [3.8, 4) is 0 Å². The van der Waals surface area contributed by atoms with Crippen molar-refractivity contribution in [3.05, 3.63) is 24.3 Å². The first-order valence-corrected chi connectivity index (χ1v) is 21.3. The van der Waals surface area contributed by atoms with E-state index < -0.39 is 73.7 Å². The van der Waals surface area contributed by atoms with Crippen LogP contribution in [0.1, 0.15) is 119 Å². The van der Waals surface area contributed by atoms with Crippen molar-refractivity contribution in [1.82, 2.24) is 26.2 Å². The zero-order chi connectivity index (χ0) is 38.3. The van der Waals surface area contributed by atoms with E-state index in [1.165, 1.54) is 0 Å². The molecule has 0 aromatic heterocycles. The molecule has 0 spiro atoms. The minimum Gasteiger partial charge on any atom is -0.349 e. The summed E-state index contributed by atoms with van der Waals surface area (Å²) < 4.78 is 27.2. The number of carbonyl (C=O) groups is 5. The Labute approximate surface area is 311 Å². The van der Waals surface area contributed by atoms with Crippen LogP contribution in [0.5, 0.6) is 0 Å². The summed E-state index contributed by atoms with van der Waals surface area (Å²) in [6, 6.07) is -3.55. The van der Waals surface area contributed by atoms with E-state index in [1.807, 2.05) is 53.7 Å². The number of nitrogens with one attached hydrogen (secondary N) is 4. The first-order valence-electron chi connectivity index (χ1n) is 19.6. The smallest absolute Gasteiger partial charge is 0.315 e. The van der Waals surface area contributed by atoms with Crippen LogP contribution in [0.25, 0.3) is 0 Å². The maximum atomic E-state index is 14.7. The van der Waals surface area contributed by atoms with E-state index in [1.54, 1.807) is 17.1 Å². The quantitative estimate of drug-likeness (QED) is 0.181. The van der Waals surface area contributed by atoms with Gasteiger partial charge in [0.05, 0.1) is 22.6 Å². The number of amides is 5. The fourth-order valence-electron chi connectivity index (χ4n) is 8.13. The summed E-state index contributed by atoms with van der Waals surface area (Å²) in [5.41, 5.74) is -1.74. The van der Waals surface area contributed by atoms with E-state index in [2.05, 4.69) is 21.3 Å². The molecule has 0 aromatic carbocycles. The normalized spacial score (nSPS) is 25.8. The predicted octanol–water partition coefficient (Wildman–Crippen LogP) is 4.35. The fourth-order valence-corrected chi connectivity index (χ4v) is 10.2. The molecule has 2 saturated carbocycles. The molecule has 0 aromatic rings. The van der Waals surface area contributed by atoms with Gasteiger partial charge in [-0.25, -0.2) is 13.2 Å². The average molecular weight is 746 g/mol. The molecule has 4 N–H and O–H groups in total. The minimum absolute atomic E-state index is 0.0792. The van der Waals surface area contributed by atoms with Gasteiger partial charge in [0.2, 0.25) is 17.6 Å². The summed E-state index contributed by atoms with van der Waals surface area (Å²) in [4.78, 5) is 70.4. The summed E-state index contributed by atoms with van der Waals surface area (Å²) >= 11 is 0. The van der Waals surface area contributed by atoms with Crippen LogP contribution >= 0.6 is 0 Å². The van der Waals surface area contributed by atoms with Gasteiger partial charge in [0.25, 0.3) is 5.91 Å². The Morgan fingerprint density at radius 3 is 2.25 bits per heavy atom. The van der Waals surface area contributed by atoms with Crippen molar-refractivity contribution in [2.45, 2.75) is 148 Å². The van der Waals surface area contributed by atoms with Crippen LogP contribution in [0.3, 0.4) is 0 Å². The summed E-state index contributed by atoms with van der Waals surface area (Å²) in [5.74, 6) is -2.33. The molecular weight excluding hydrogens is 683 g/mol. The van der Waals surface area contributed by atoms with Gasteiger partial charge in [0, 0.05) is 13.1 Å². The van der Waals surface area contributed by atoms with Gasteiger partial charge in [-0.2, -0.15) is 0 Å². The number of hydrogen-bond acceptors (Lipinski definition) is 7. The fraction of sp³-hybridized carbons (Fsp3) is 0.769. The standard InChI is InChI=1S/C39H63N5O7S/c1-7-21-40-35(47)32(45)30(23-27-17-18-27)41-34(46)31-28(8-2)22-26(3)24-44(31)36(48)33(38(4,5)6)42-37(49)43-39(19-13-10-14-20-39)25-52(50,51)29-15-11-9-12-16-29/h9,11-12,15,26-31,33H,7-8,10,13-14,16-25H2,1-6H3,(H,40,47)(H,41,46)(H2,42,43,49)/t26?,28?,29?,30?,31-,33+/m0/s1. The highest BCUT2D eigenvalue weighted by Crippen LogP contribution is 2.36. The molecule has 13 heteroatoms. The zero-order valence-corrected chi connectivity index (χ0v) is 33.0. The van der Waals surface area contributed by atoms with Gasteiger partial charge in [-0.05, 0) is 61.7 Å². The van der Waals surface area contributed by atoms with Gasteiger partial charge < -0.3 is 26.2 Å². The zero-order valence-electron chi connectivity index (χ0n) is 32.2. The number of nitrogens with zero attached hydrogens (tertiary/aromatic N) is 1. The highest BCUT2D eigenvalue weighted by Gasteiger charge is 2.47. The van der Waals surface area contributed by atoms with Crippen LogP contribution in [0.2, 0.25) is 0 Å². The molecule has 5 amide bonds. The first kappa shape index (κ1) is 41.5. The number of urea groups is 1. The van der Waals surface area contributed by atoms with E-state index in [9.17, 15) is 32.4 Å². The van der Waals surface area contributed by atoms with Gasteiger partial charge in [0.15, 0.2) is 9.84 Å². The van der Waals surface area contributed by atoms with Gasteiger partial charge in [-0.3, -0.25) is 19.2 Å². The second-order valence-electron chi connectivity index (χ2n) is 16.9. The molecule has 52 heavy (non-hydrogen) atoms.